The number of rotatable bonds is 7. The van der Waals surface area contributed by atoms with Gasteiger partial charge in [-0.05, 0) is 44.9 Å². The number of unbranched alkanes of at least 4 members (excludes halogenated alkanes) is 1. The minimum absolute atomic E-state index is 0.0365. The second-order valence-corrected chi connectivity index (χ2v) is 8.49. The van der Waals surface area contributed by atoms with Crippen LogP contribution in [0.1, 0.15) is 46.1 Å². The van der Waals surface area contributed by atoms with Crippen molar-refractivity contribution in [3.8, 4) is 5.75 Å². The van der Waals surface area contributed by atoms with Crippen molar-refractivity contribution < 1.29 is 17.9 Å². The summed E-state index contributed by atoms with van der Waals surface area (Å²) in [4.78, 5) is 12.2. The number of sulfonamides is 1. The number of ether oxygens (including phenoxy) is 1. The summed E-state index contributed by atoms with van der Waals surface area (Å²) in [6.07, 6.45) is 5.02. The van der Waals surface area contributed by atoms with Crippen molar-refractivity contribution in [1.29, 1.82) is 0 Å². The van der Waals surface area contributed by atoms with Crippen molar-refractivity contribution in [2.24, 2.45) is 0 Å². The third kappa shape index (κ3) is 4.24. The molecular formula is C18H24N4O4S. The van der Waals surface area contributed by atoms with Crippen LogP contribution >= 0.6 is 0 Å². The number of nitrogens with one attached hydrogen (secondary N) is 2. The highest BCUT2D eigenvalue weighted by Crippen LogP contribution is 2.33. The van der Waals surface area contributed by atoms with E-state index in [0.29, 0.717) is 23.5 Å². The molecule has 27 heavy (non-hydrogen) atoms. The molecule has 0 saturated carbocycles. The number of amides is 1. The molecular weight excluding hydrogens is 368 g/mol. The number of aromatic nitrogens is 2. The zero-order valence-electron chi connectivity index (χ0n) is 15.6. The van der Waals surface area contributed by atoms with Crippen LogP contribution in [0.2, 0.25) is 0 Å². The molecule has 1 amide bonds. The maximum atomic E-state index is 12.7. The molecule has 3 rings (SSSR count). The van der Waals surface area contributed by atoms with Gasteiger partial charge in [0.2, 0.25) is 0 Å². The molecule has 0 bridgehead atoms. The molecule has 0 spiro atoms. The van der Waals surface area contributed by atoms with E-state index in [1.54, 1.807) is 16.9 Å². The van der Waals surface area contributed by atoms with Gasteiger partial charge in [0, 0.05) is 12.2 Å². The molecule has 1 aromatic carbocycles. The second kappa shape index (κ2) is 7.59. The first-order chi connectivity index (χ1) is 12.8. The van der Waals surface area contributed by atoms with Gasteiger partial charge in [0.05, 0.1) is 22.5 Å². The van der Waals surface area contributed by atoms with Gasteiger partial charge in [-0.3, -0.25) is 14.2 Å². The fourth-order valence-electron chi connectivity index (χ4n) is 2.76. The van der Waals surface area contributed by atoms with Crippen LogP contribution in [-0.2, 0) is 14.8 Å². The highest BCUT2D eigenvalue weighted by atomic mass is 32.2. The van der Waals surface area contributed by atoms with Crippen molar-refractivity contribution in [2.75, 3.05) is 10.0 Å². The molecule has 0 fully saturated rings. The van der Waals surface area contributed by atoms with E-state index in [9.17, 15) is 13.2 Å². The minimum Gasteiger partial charge on any atom is -0.478 e. The number of carbonyl (C=O) groups excluding carboxylic acids is 1. The molecule has 0 radical (unpaired) electrons. The summed E-state index contributed by atoms with van der Waals surface area (Å²) in [6.45, 7) is 5.94. The van der Waals surface area contributed by atoms with Crippen molar-refractivity contribution in [3.05, 3.63) is 30.6 Å². The van der Waals surface area contributed by atoms with Crippen LogP contribution in [0.3, 0.4) is 0 Å². The first-order valence-electron chi connectivity index (χ1n) is 8.98. The predicted molar refractivity (Wildman–Crippen MR) is 102 cm³/mol. The van der Waals surface area contributed by atoms with Crippen LogP contribution in [0.4, 0.5) is 11.4 Å². The highest BCUT2D eigenvalue weighted by molar-refractivity contribution is 7.92. The molecule has 146 valence electrons. The number of hydrogen-bond donors (Lipinski definition) is 2. The van der Waals surface area contributed by atoms with Crippen molar-refractivity contribution in [2.45, 2.75) is 57.1 Å². The first-order valence-corrected chi connectivity index (χ1v) is 10.5. The van der Waals surface area contributed by atoms with Crippen LogP contribution in [0, 0.1) is 0 Å². The Morgan fingerprint density at radius 3 is 2.81 bits per heavy atom. The monoisotopic (exact) mass is 392 g/mol. The number of benzene rings is 1. The standard InChI is InChI=1S/C18H24N4O4S/c1-4-5-6-17-18(23)20-15-9-14(7-8-16(15)26-17)27(24,25)21-13-10-19-22(11-13)12(2)3/h7-12,17,21H,4-6H2,1-3H3,(H,20,23). The van der Waals surface area contributed by atoms with E-state index in [2.05, 4.69) is 15.1 Å². The fourth-order valence-corrected chi connectivity index (χ4v) is 3.82. The fraction of sp³-hybridized carbons (Fsp3) is 0.444. The lowest BCUT2D eigenvalue weighted by atomic mass is 10.1. The summed E-state index contributed by atoms with van der Waals surface area (Å²) >= 11 is 0. The summed E-state index contributed by atoms with van der Waals surface area (Å²) in [5, 5.41) is 6.86. The summed E-state index contributed by atoms with van der Waals surface area (Å²) in [5.74, 6) is 0.221. The van der Waals surface area contributed by atoms with Gasteiger partial charge in [0.1, 0.15) is 5.75 Å². The Morgan fingerprint density at radius 2 is 2.15 bits per heavy atom. The van der Waals surface area contributed by atoms with Gasteiger partial charge in [-0.15, -0.1) is 0 Å². The average molecular weight is 392 g/mol. The van der Waals surface area contributed by atoms with Gasteiger partial charge < -0.3 is 10.1 Å². The zero-order chi connectivity index (χ0) is 19.6. The van der Waals surface area contributed by atoms with Crippen LogP contribution in [0.15, 0.2) is 35.5 Å². The summed E-state index contributed by atoms with van der Waals surface area (Å²) in [6, 6.07) is 4.56. The number of nitrogens with zero attached hydrogens (tertiary/aromatic N) is 2. The van der Waals surface area contributed by atoms with E-state index in [1.165, 1.54) is 18.3 Å². The maximum absolute atomic E-state index is 12.7. The molecule has 1 aliphatic heterocycles. The third-order valence-electron chi connectivity index (χ3n) is 4.28. The van der Waals surface area contributed by atoms with Gasteiger partial charge in [-0.1, -0.05) is 13.3 Å². The van der Waals surface area contributed by atoms with Crippen LogP contribution in [0.5, 0.6) is 5.75 Å². The zero-order valence-corrected chi connectivity index (χ0v) is 16.4. The maximum Gasteiger partial charge on any atom is 0.265 e. The molecule has 0 aliphatic carbocycles. The molecule has 2 aromatic rings. The quantitative estimate of drug-likeness (QED) is 0.753. The van der Waals surface area contributed by atoms with E-state index in [-0.39, 0.29) is 16.8 Å². The van der Waals surface area contributed by atoms with Crippen molar-refractivity contribution >= 4 is 27.3 Å². The third-order valence-corrected chi connectivity index (χ3v) is 5.66. The average Bonchev–Trinajstić information content (AvgIpc) is 3.07. The molecule has 2 heterocycles. The van der Waals surface area contributed by atoms with Crippen LogP contribution in [-0.4, -0.2) is 30.2 Å². The Bertz CT molecular complexity index is 937. The number of anilines is 2. The summed E-state index contributed by atoms with van der Waals surface area (Å²) in [5.41, 5.74) is 0.731. The minimum atomic E-state index is -3.81. The Labute approximate surface area is 159 Å². The normalized spacial score (nSPS) is 16.6. The molecule has 1 unspecified atom stereocenters. The number of hydrogen-bond acceptors (Lipinski definition) is 5. The van der Waals surface area contributed by atoms with Gasteiger partial charge in [-0.25, -0.2) is 8.42 Å². The Balaban J connectivity index is 1.79. The van der Waals surface area contributed by atoms with Gasteiger partial charge in [0.15, 0.2) is 6.10 Å². The molecule has 8 nitrogen and oxygen atoms in total. The van der Waals surface area contributed by atoms with Crippen molar-refractivity contribution in [3.63, 3.8) is 0 Å². The molecule has 1 aliphatic rings. The highest BCUT2D eigenvalue weighted by Gasteiger charge is 2.28. The number of fused-ring (bicyclic) bond motifs is 1. The predicted octanol–water partition coefficient (Wildman–Crippen LogP) is 3.15. The molecule has 2 N–H and O–H groups in total. The molecule has 0 saturated heterocycles. The Hall–Kier alpha value is -2.55. The van der Waals surface area contributed by atoms with E-state index < -0.39 is 16.1 Å². The van der Waals surface area contributed by atoms with E-state index >= 15 is 0 Å². The van der Waals surface area contributed by atoms with E-state index in [4.69, 9.17) is 4.74 Å². The Morgan fingerprint density at radius 1 is 1.37 bits per heavy atom. The second-order valence-electron chi connectivity index (χ2n) is 6.80. The van der Waals surface area contributed by atoms with Crippen LogP contribution in [0.25, 0.3) is 0 Å². The van der Waals surface area contributed by atoms with Crippen LogP contribution < -0.4 is 14.8 Å². The van der Waals surface area contributed by atoms with Gasteiger partial charge in [0.25, 0.3) is 15.9 Å². The largest absolute Gasteiger partial charge is 0.478 e. The molecule has 1 atom stereocenters. The smallest absolute Gasteiger partial charge is 0.265 e. The first kappa shape index (κ1) is 19.2. The van der Waals surface area contributed by atoms with Gasteiger partial charge in [-0.2, -0.15) is 5.10 Å². The lowest BCUT2D eigenvalue weighted by molar-refractivity contribution is -0.123. The lowest BCUT2D eigenvalue weighted by Gasteiger charge is -2.26. The van der Waals surface area contributed by atoms with E-state index in [0.717, 1.165) is 12.8 Å². The topological polar surface area (TPSA) is 102 Å². The van der Waals surface area contributed by atoms with Crippen molar-refractivity contribution in [1.82, 2.24) is 9.78 Å². The molecule has 9 heteroatoms. The Kier molecular flexibility index (Phi) is 5.41. The summed E-state index contributed by atoms with van der Waals surface area (Å²) in [7, 11) is -3.81. The lowest BCUT2D eigenvalue weighted by Crippen LogP contribution is -2.37. The number of carbonyl (C=O) groups is 1. The van der Waals surface area contributed by atoms with E-state index in [1.807, 2.05) is 20.8 Å². The molecule has 1 aromatic heterocycles. The summed E-state index contributed by atoms with van der Waals surface area (Å²) < 4.78 is 35.2. The SMILES string of the molecule is CCCCC1Oc2ccc(S(=O)(=O)Nc3cnn(C(C)C)c3)cc2NC1=O. The van der Waals surface area contributed by atoms with Gasteiger partial charge >= 0.3 is 0 Å².